The highest BCUT2D eigenvalue weighted by molar-refractivity contribution is 6.39. The lowest BCUT2D eigenvalue weighted by Gasteiger charge is -2.10. The topological polar surface area (TPSA) is 85.5 Å². The van der Waals surface area contributed by atoms with Crippen LogP contribution in [0.1, 0.15) is 57.3 Å². The maximum absolute atomic E-state index is 11.3. The first-order valence-electron chi connectivity index (χ1n) is 11.4. The van der Waals surface area contributed by atoms with Gasteiger partial charge >= 0.3 is 5.97 Å². The molecule has 2 aromatic carbocycles. The molecule has 0 spiro atoms. The van der Waals surface area contributed by atoms with Gasteiger partial charge in [-0.05, 0) is 50.1 Å². The molecule has 9 heteroatoms. The summed E-state index contributed by atoms with van der Waals surface area (Å²) in [4.78, 5) is 15.4. The summed E-state index contributed by atoms with van der Waals surface area (Å²) in [6, 6.07) is 12.0. The van der Waals surface area contributed by atoms with Gasteiger partial charge < -0.3 is 14.4 Å². The van der Waals surface area contributed by atoms with E-state index in [1.54, 1.807) is 43.3 Å². The molecule has 6 nitrogen and oxygen atoms in total. The molecule has 4 aromatic rings. The summed E-state index contributed by atoms with van der Waals surface area (Å²) in [5.74, 6) is 6.46. The maximum atomic E-state index is 11.3. The van der Waals surface area contributed by atoms with Gasteiger partial charge in [0.25, 0.3) is 0 Å². The minimum atomic E-state index is -1.05. The number of hydrogen-bond donors (Lipinski definition) is 1. The molecule has 186 valence electrons. The Morgan fingerprint density at radius 3 is 2.54 bits per heavy atom. The van der Waals surface area contributed by atoms with E-state index < -0.39 is 5.97 Å². The standard InChI is InChI=1S/C28H19Cl3N2O4/c1-15-20(28(34)35)11-16(13-32-15)5-6-17-9-10-19(12-24(17)31)36-14-21-26(33-37-27(21)18-7-8-18)25-22(29)3-2-4-23(25)30/h2-4,9-13,18H,7-8,14H2,1H3,(H,34,35). The summed E-state index contributed by atoms with van der Waals surface area (Å²) in [5, 5.41) is 14.9. The zero-order valence-corrected chi connectivity index (χ0v) is 21.8. The molecule has 0 aliphatic heterocycles. The summed E-state index contributed by atoms with van der Waals surface area (Å²) < 4.78 is 11.8. The molecule has 1 saturated carbocycles. The van der Waals surface area contributed by atoms with Crippen LogP contribution in [0.15, 0.2) is 53.2 Å². The zero-order valence-electron chi connectivity index (χ0n) is 19.5. The number of aromatic nitrogens is 2. The molecule has 0 radical (unpaired) electrons. The Kier molecular flexibility index (Phi) is 7.12. The number of rotatable bonds is 6. The number of pyridine rings is 1. The van der Waals surface area contributed by atoms with Crippen LogP contribution in [0.5, 0.6) is 5.75 Å². The smallest absolute Gasteiger partial charge is 0.337 e. The third-order valence-corrected chi connectivity index (χ3v) is 6.89. The number of benzene rings is 2. The Labute approximate surface area is 228 Å². The number of aromatic carboxylic acids is 1. The van der Waals surface area contributed by atoms with Crippen molar-refractivity contribution < 1.29 is 19.2 Å². The van der Waals surface area contributed by atoms with E-state index in [9.17, 15) is 9.90 Å². The van der Waals surface area contributed by atoms with Gasteiger partial charge in [0, 0.05) is 34.9 Å². The number of hydrogen-bond acceptors (Lipinski definition) is 5. The summed E-state index contributed by atoms with van der Waals surface area (Å²) in [5.41, 5.74) is 3.56. The summed E-state index contributed by atoms with van der Waals surface area (Å²) >= 11 is 19.3. The van der Waals surface area contributed by atoms with Gasteiger partial charge in [0.2, 0.25) is 0 Å². The predicted molar refractivity (Wildman–Crippen MR) is 142 cm³/mol. The molecule has 2 aromatic heterocycles. The molecule has 5 rings (SSSR count). The first-order valence-corrected chi connectivity index (χ1v) is 12.5. The highest BCUT2D eigenvalue weighted by atomic mass is 35.5. The van der Waals surface area contributed by atoms with Crippen LogP contribution in [-0.4, -0.2) is 21.2 Å². The Bertz CT molecular complexity index is 1560. The Hall–Kier alpha value is -3.50. The molecule has 0 atom stereocenters. The molecule has 37 heavy (non-hydrogen) atoms. The highest BCUT2D eigenvalue weighted by Crippen LogP contribution is 2.46. The third-order valence-electron chi connectivity index (χ3n) is 5.95. The monoisotopic (exact) mass is 552 g/mol. The van der Waals surface area contributed by atoms with Gasteiger partial charge in [-0.15, -0.1) is 0 Å². The normalized spacial score (nSPS) is 12.6. The van der Waals surface area contributed by atoms with Crippen LogP contribution in [-0.2, 0) is 6.61 Å². The Morgan fingerprint density at radius 2 is 1.86 bits per heavy atom. The molecule has 0 unspecified atom stereocenters. The van der Waals surface area contributed by atoms with E-state index in [2.05, 4.69) is 22.0 Å². The number of nitrogens with zero attached hydrogens (tertiary/aromatic N) is 2. The van der Waals surface area contributed by atoms with Crippen LogP contribution in [0, 0.1) is 18.8 Å². The second-order valence-electron chi connectivity index (χ2n) is 8.59. The fourth-order valence-electron chi connectivity index (χ4n) is 3.85. The molecular formula is C28H19Cl3N2O4. The van der Waals surface area contributed by atoms with Crippen molar-refractivity contribution >= 4 is 40.8 Å². The van der Waals surface area contributed by atoms with Crippen LogP contribution in [0.2, 0.25) is 15.1 Å². The molecular weight excluding hydrogens is 535 g/mol. The predicted octanol–water partition coefficient (Wildman–Crippen LogP) is 7.56. The largest absolute Gasteiger partial charge is 0.489 e. The van der Waals surface area contributed by atoms with Crippen molar-refractivity contribution in [3.63, 3.8) is 0 Å². The zero-order chi connectivity index (χ0) is 26.1. The molecule has 0 bridgehead atoms. The van der Waals surface area contributed by atoms with Crippen molar-refractivity contribution in [3.05, 3.63) is 97.4 Å². The molecule has 1 N–H and O–H groups in total. The lowest BCUT2D eigenvalue weighted by atomic mass is 10.0. The summed E-state index contributed by atoms with van der Waals surface area (Å²) in [6.07, 6.45) is 3.59. The van der Waals surface area contributed by atoms with E-state index in [0.717, 1.165) is 24.2 Å². The van der Waals surface area contributed by atoms with Crippen molar-refractivity contribution in [3.8, 4) is 28.8 Å². The number of carbonyl (C=O) groups is 1. The fourth-order valence-corrected chi connectivity index (χ4v) is 4.64. The van der Waals surface area contributed by atoms with Crippen LogP contribution >= 0.6 is 34.8 Å². The molecule has 0 amide bonds. The van der Waals surface area contributed by atoms with Gasteiger partial charge in [-0.25, -0.2) is 4.79 Å². The first kappa shape index (κ1) is 25.2. The Morgan fingerprint density at radius 1 is 1.11 bits per heavy atom. The summed E-state index contributed by atoms with van der Waals surface area (Å²) in [7, 11) is 0. The third kappa shape index (κ3) is 5.45. The number of aryl methyl sites for hydroxylation is 1. The average Bonchev–Trinajstić information content (AvgIpc) is 3.63. The average molecular weight is 554 g/mol. The van der Waals surface area contributed by atoms with Gasteiger partial charge in [-0.2, -0.15) is 0 Å². The highest BCUT2D eigenvalue weighted by Gasteiger charge is 2.33. The minimum Gasteiger partial charge on any atom is -0.489 e. The van der Waals surface area contributed by atoms with Crippen LogP contribution in [0.3, 0.4) is 0 Å². The second kappa shape index (κ2) is 10.5. The van der Waals surface area contributed by atoms with Crippen molar-refractivity contribution in [1.29, 1.82) is 0 Å². The SMILES string of the molecule is Cc1ncc(C#Cc2ccc(OCc3c(-c4c(Cl)cccc4Cl)noc3C3CC3)cc2Cl)cc1C(=O)O. The van der Waals surface area contributed by atoms with E-state index >= 15 is 0 Å². The maximum Gasteiger partial charge on any atom is 0.337 e. The van der Waals surface area contributed by atoms with Crippen LogP contribution < -0.4 is 4.74 Å². The van der Waals surface area contributed by atoms with E-state index in [-0.39, 0.29) is 12.2 Å². The minimum absolute atomic E-state index is 0.110. The van der Waals surface area contributed by atoms with Gasteiger partial charge in [0.1, 0.15) is 23.8 Å². The van der Waals surface area contributed by atoms with Gasteiger partial charge in [0.05, 0.1) is 31.9 Å². The van der Waals surface area contributed by atoms with Crippen molar-refractivity contribution in [2.24, 2.45) is 0 Å². The second-order valence-corrected chi connectivity index (χ2v) is 9.81. The van der Waals surface area contributed by atoms with E-state index in [1.807, 2.05) is 0 Å². The summed E-state index contributed by atoms with van der Waals surface area (Å²) in [6.45, 7) is 1.83. The number of carboxylic acids is 1. The van der Waals surface area contributed by atoms with E-state index in [4.69, 9.17) is 44.1 Å². The van der Waals surface area contributed by atoms with Gasteiger partial charge in [0.15, 0.2) is 0 Å². The molecule has 1 aliphatic carbocycles. The number of ether oxygens (including phenoxy) is 1. The van der Waals surface area contributed by atoms with Crippen LogP contribution in [0.4, 0.5) is 0 Å². The lowest BCUT2D eigenvalue weighted by Crippen LogP contribution is -2.02. The van der Waals surface area contributed by atoms with Gasteiger partial charge in [-0.3, -0.25) is 4.98 Å². The fraction of sp³-hybridized carbons (Fsp3) is 0.179. The van der Waals surface area contributed by atoms with E-state index in [0.29, 0.717) is 54.8 Å². The van der Waals surface area contributed by atoms with Crippen molar-refractivity contribution in [1.82, 2.24) is 10.1 Å². The molecule has 2 heterocycles. The van der Waals surface area contributed by atoms with Gasteiger partial charge in [-0.1, -0.05) is 57.9 Å². The number of carboxylic acid groups (broad SMARTS) is 1. The van der Waals surface area contributed by atoms with Crippen LogP contribution in [0.25, 0.3) is 11.3 Å². The molecule has 1 aliphatic rings. The van der Waals surface area contributed by atoms with E-state index in [1.165, 1.54) is 12.3 Å². The number of halogens is 3. The quantitative estimate of drug-likeness (QED) is 0.248. The molecule has 0 saturated heterocycles. The van der Waals surface area contributed by atoms with Crippen molar-refractivity contribution in [2.45, 2.75) is 32.3 Å². The first-order chi connectivity index (χ1) is 17.8. The lowest BCUT2D eigenvalue weighted by molar-refractivity contribution is 0.0695. The van der Waals surface area contributed by atoms with Crippen molar-refractivity contribution in [2.75, 3.05) is 0 Å². The Balaban J connectivity index is 1.37. The molecule has 1 fully saturated rings.